The molecule has 0 radical (unpaired) electrons. The van der Waals surface area contributed by atoms with Crippen molar-refractivity contribution in [2.24, 2.45) is 40.2 Å². The molecule has 0 spiro atoms. The summed E-state index contributed by atoms with van der Waals surface area (Å²) in [6.45, 7) is 13.8. The highest BCUT2D eigenvalue weighted by Crippen LogP contribution is 2.36. The van der Waals surface area contributed by atoms with E-state index in [1.165, 1.54) is 4.90 Å². The zero-order valence-corrected chi connectivity index (χ0v) is 31.1. The van der Waals surface area contributed by atoms with Crippen LogP contribution >= 0.6 is 0 Å². The summed E-state index contributed by atoms with van der Waals surface area (Å²) in [6, 6.07) is -4.02. The number of likely N-dealkylation sites (tertiary alicyclic amines) is 2. The Morgan fingerprint density at radius 1 is 0.880 bits per heavy atom. The van der Waals surface area contributed by atoms with Gasteiger partial charge in [0.05, 0.1) is 12.1 Å². The predicted octanol–water partition coefficient (Wildman–Crippen LogP) is 3.04. The number of amides is 7. The van der Waals surface area contributed by atoms with Gasteiger partial charge in [-0.25, -0.2) is 4.79 Å². The number of urea groups is 1. The van der Waals surface area contributed by atoms with Crippen LogP contribution in [0.25, 0.3) is 0 Å². The second-order valence-electron chi connectivity index (χ2n) is 17.5. The van der Waals surface area contributed by atoms with Crippen molar-refractivity contribution in [1.82, 2.24) is 25.8 Å². The van der Waals surface area contributed by atoms with Gasteiger partial charge in [0.25, 0.3) is 5.91 Å². The smallest absolute Gasteiger partial charge is 0.315 e. The van der Waals surface area contributed by atoms with Gasteiger partial charge in [-0.05, 0) is 60.2 Å². The number of rotatable bonds is 13. The molecule has 2 saturated heterocycles. The van der Waals surface area contributed by atoms with Gasteiger partial charge in [-0.15, -0.1) is 0 Å². The lowest BCUT2D eigenvalue weighted by Crippen LogP contribution is -2.62. The Morgan fingerprint density at radius 3 is 2.00 bits per heavy atom. The molecule has 0 aromatic carbocycles. The highest BCUT2D eigenvalue weighted by Gasteiger charge is 2.48. The molecule has 4 fully saturated rings. The Balaban J connectivity index is 1.55. The molecule has 4 aliphatic rings. The summed E-state index contributed by atoms with van der Waals surface area (Å²) in [4.78, 5) is 95.7. The topological polar surface area (TPSA) is 188 Å². The van der Waals surface area contributed by atoms with Crippen molar-refractivity contribution in [1.29, 1.82) is 0 Å². The number of Topliss-reactive ketones (excluding diaryl/α,β-unsaturated/α-hetero) is 1. The molecular formula is C37H60N6O7. The van der Waals surface area contributed by atoms with Gasteiger partial charge in [-0.1, -0.05) is 80.6 Å². The average molecular weight is 701 g/mol. The molecule has 7 amide bonds. The standard InChI is InChI=1S/C37H60N6O7/c1-21(2)24-15-16-42(30(24)33(48)39-25(17-22-13-14-22)31(46)32(38)47)34(49)29(23-11-9-8-10-12-23)41-35(50)40-26(36(3,4)5)20-43-27(44)18-37(6,7)19-28(43)45/h21-26,29-30H,8-20H2,1-7H3,(H2,38,47)(H,39,48)(H2,40,41,50)/t24-,25?,26-,29+,30+/m1/s1. The summed E-state index contributed by atoms with van der Waals surface area (Å²) in [5.74, 6) is -3.40. The number of nitrogens with zero attached hydrogens (tertiary/aromatic N) is 2. The fraction of sp³-hybridized carbons (Fsp3) is 0.811. The Labute approximate surface area is 296 Å². The molecule has 0 aromatic heterocycles. The third kappa shape index (κ3) is 9.84. The van der Waals surface area contributed by atoms with E-state index >= 15 is 0 Å². The molecule has 13 nitrogen and oxygen atoms in total. The van der Waals surface area contributed by atoms with Gasteiger partial charge in [-0.3, -0.25) is 33.7 Å². The molecule has 4 rings (SSSR count). The highest BCUT2D eigenvalue weighted by atomic mass is 16.2. The third-order valence-corrected chi connectivity index (χ3v) is 11.2. The Bertz CT molecular complexity index is 1310. The first-order chi connectivity index (χ1) is 23.3. The molecular weight excluding hydrogens is 640 g/mol. The first-order valence-electron chi connectivity index (χ1n) is 18.6. The number of ketones is 1. The van der Waals surface area contributed by atoms with E-state index in [9.17, 15) is 33.6 Å². The van der Waals surface area contributed by atoms with Crippen LogP contribution in [0, 0.1) is 34.5 Å². The van der Waals surface area contributed by atoms with Crippen LogP contribution in [0.2, 0.25) is 0 Å². The summed E-state index contributed by atoms with van der Waals surface area (Å²) < 4.78 is 0. The molecule has 2 aliphatic heterocycles. The van der Waals surface area contributed by atoms with E-state index in [-0.39, 0.29) is 60.8 Å². The number of nitrogens with two attached hydrogens (primary N) is 1. The average Bonchev–Trinajstić information content (AvgIpc) is 3.72. The SMILES string of the molecule is CC(C)[C@H]1CCN(C(=O)[C@@H](NC(=O)N[C@H](CN2C(=O)CC(C)(C)CC2=O)C(C)(C)C)C2CCCCC2)[C@@H]1C(=O)NC(CC1CC1)C(=O)C(N)=O. The van der Waals surface area contributed by atoms with E-state index in [0.29, 0.717) is 19.4 Å². The lowest BCUT2D eigenvalue weighted by molar-refractivity contribution is -0.153. The van der Waals surface area contributed by atoms with Crippen molar-refractivity contribution < 1.29 is 33.6 Å². The largest absolute Gasteiger partial charge is 0.363 e. The van der Waals surface area contributed by atoms with Gasteiger partial charge in [0.15, 0.2) is 0 Å². The second kappa shape index (κ2) is 15.8. The first-order valence-corrected chi connectivity index (χ1v) is 18.6. The van der Waals surface area contributed by atoms with E-state index in [1.54, 1.807) is 4.90 Å². The number of piperidine rings is 1. The lowest BCUT2D eigenvalue weighted by Gasteiger charge is -2.40. The van der Waals surface area contributed by atoms with Crippen LogP contribution in [-0.2, 0) is 28.8 Å². The number of nitrogens with one attached hydrogen (secondary N) is 3. The maximum atomic E-state index is 14.6. The maximum Gasteiger partial charge on any atom is 0.315 e. The van der Waals surface area contributed by atoms with E-state index in [0.717, 1.165) is 44.9 Å². The van der Waals surface area contributed by atoms with Gasteiger partial charge in [0.2, 0.25) is 29.4 Å². The first kappa shape index (κ1) is 39.3. The molecule has 1 unspecified atom stereocenters. The molecule has 2 aliphatic carbocycles. The van der Waals surface area contributed by atoms with Crippen molar-refractivity contribution in [3.05, 3.63) is 0 Å². The van der Waals surface area contributed by atoms with Crippen molar-refractivity contribution >= 4 is 41.4 Å². The molecule has 280 valence electrons. The van der Waals surface area contributed by atoms with Crippen LogP contribution in [0.15, 0.2) is 0 Å². The maximum absolute atomic E-state index is 14.6. The van der Waals surface area contributed by atoms with Gasteiger partial charge >= 0.3 is 6.03 Å². The number of hydrogen-bond donors (Lipinski definition) is 4. The normalized spacial score (nSPS) is 24.8. The van der Waals surface area contributed by atoms with Crippen LogP contribution in [-0.4, -0.2) is 88.4 Å². The lowest BCUT2D eigenvalue weighted by atomic mass is 9.80. The molecule has 5 atom stereocenters. The monoisotopic (exact) mass is 700 g/mol. The Morgan fingerprint density at radius 2 is 1.48 bits per heavy atom. The van der Waals surface area contributed by atoms with Crippen molar-refractivity contribution in [2.45, 2.75) is 143 Å². The molecule has 13 heteroatoms. The quantitative estimate of drug-likeness (QED) is 0.168. The predicted molar refractivity (Wildman–Crippen MR) is 187 cm³/mol. The summed E-state index contributed by atoms with van der Waals surface area (Å²) in [5.41, 5.74) is 4.38. The summed E-state index contributed by atoms with van der Waals surface area (Å²) in [6.07, 6.45) is 7.53. The molecule has 0 bridgehead atoms. The van der Waals surface area contributed by atoms with E-state index < -0.39 is 58.6 Å². The van der Waals surface area contributed by atoms with Crippen LogP contribution in [0.1, 0.15) is 119 Å². The second-order valence-corrected chi connectivity index (χ2v) is 17.5. The number of hydrogen-bond acceptors (Lipinski definition) is 7. The Hall–Kier alpha value is -3.51. The van der Waals surface area contributed by atoms with Crippen molar-refractivity contribution in [3.63, 3.8) is 0 Å². The van der Waals surface area contributed by atoms with E-state index in [1.807, 2.05) is 48.5 Å². The fourth-order valence-electron chi connectivity index (χ4n) is 7.95. The zero-order chi connectivity index (χ0) is 37.1. The van der Waals surface area contributed by atoms with E-state index in [2.05, 4.69) is 16.0 Å². The molecule has 2 saturated carbocycles. The number of carbonyl (C=O) groups is 7. The molecule has 2 heterocycles. The minimum atomic E-state index is -1.10. The number of carbonyl (C=O) groups excluding carboxylic acids is 7. The highest BCUT2D eigenvalue weighted by molar-refractivity contribution is 6.37. The van der Waals surface area contributed by atoms with Gasteiger partial charge < -0.3 is 26.6 Å². The minimum absolute atomic E-state index is 0.0171. The van der Waals surface area contributed by atoms with Crippen LogP contribution in [0.3, 0.4) is 0 Å². The van der Waals surface area contributed by atoms with Crippen LogP contribution in [0.4, 0.5) is 4.79 Å². The number of primary amides is 1. The Kier molecular flexibility index (Phi) is 12.4. The van der Waals surface area contributed by atoms with Gasteiger partial charge in [-0.2, -0.15) is 0 Å². The fourth-order valence-corrected chi connectivity index (χ4v) is 7.95. The molecule has 5 N–H and O–H groups in total. The van der Waals surface area contributed by atoms with Gasteiger partial charge in [0, 0.05) is 25.9 Å². The van der Waals surface area contributed by atoms with Crippen LogP contribution in [0.5, 0.6) is 0 Å². The minimum Gasteiger partial charge on any atom is -0.363 e. The van der Waals surface area contributed by atoms with Crippen LogP contribution < -0.4 is 21.7 Å². The zero-order valence-electron chi connectivity index (χ0n) is 31.1. The summed E-state index contributed by atoms with van der Waals surface area (Å²) >= 11 is 0. The van der Waals surface area contributed by atoms with Crippen molar-refractivity contribution in [2.75, 3.05) is 13.1 Å². The summed E-state index contributed by atoms with van der Waals surface area (Å²) in [5, 5.41) is 8.75. The number of imide groups is 1. The van der Waals surface area contributed by atoms with Gasteiger partial charge in [0.1, 0.15) is 12.1 Å². The van der Waals surface area contributed by atoms with E-state index in [4.69, 9.17) is 5.73 Å². The molecule has 0 aromatic rings. The summed E-state index contributed by atoms with van der Waals surface area (Å²) in [7, 11) is 0. The van der Waals surface area contributed by atoms with Crippen molar-refractivity contribution in [3.8, 4) is 0 Å². The molecule has 50 heavy (non-hydrogen) atoms. The third-order valence-electron chi connectivity index (χ3n) is 11.2.